The van der Waals surface area contributed by atoms with Gasteiger partial charge in [-0.1, -0.05) is 13.8 Å². The fourth-order valence-electron chi connectivity index (χ4n) is 3.12. The summed E-state index contributed by atoms with van der Waals surface area (Å²) in [5.41, 5.74) is 6.29. The number of anilines is 2. The minimum Gasteiger partial charge on any atom is -0.492 e. The first kappa shape index (κ1) is 17.7. The predicted octanol–water partition coefficient (Wildman–Crippen LogP) is 5.68. The van der Waals surface area contributed by atoms with Crippen molar-refractivity contribution in [3.63, 3.8) is 0 Å². The van der Waals surface area contributed by atoms with Crippen LogP contribution in [-0.2, 0) is 0 Å². The van der Waals surface area contributed by atoms with E-state index in [1.807, 2.05) is 6.92 Å². The summed E-state index contributed by atoms with van der Waals surface area (Å²) in [4.78, 5) is 0. The molecule has 2 N–H and O–H groups in total. The van der Waals surface area contributed by atoms with E-state index in [9.17, 15) is 0 Å². The molecule has 3 nitrogen and oxygen atoms in total. The van der Waals surface area contributed by atoms with E-state index >= 15 is 0 Å². The van der Waals surface area contributed by atoms with Gasteiger partial charge in [0, 0.05) is 23.4 Å². The highest BCUT2D eigenvalue weighted by Crippen LogP contribution is 2.46. The molecular formula is C20H32N2O. The predicted molar refractivity (Wildman–Crippen MR) is 102 cm³/mol. The van der Waals surface area contributed by atoms with Gasteiger partial charge in [0.15, 0.2) is 0 Å². The zero-order valence-electron chi connectivity index (χ0n) is 15.8. The summed E-state index contributed by atoms with van der Waals surface area (Å²) in [5.74, 6) is 0.947. The van der Waals surface area contributed by atoms with Gasteiger partial charge in [-0.3, -0.25) is 0 Å². The Kier molecular flexibility index (Phi) is 5.28. The molecule has 0 radical (unpaired) electrons. The highest BCUT2D eigenvalue weighted by molar-refractivity contribution is 5.88. The Hall–Kier alpha value is -1.64. The summed E-state index contributed by atoms with van der Waals surface area (Å²) >= 11 is 0. The number of benzene rings is 1. The molecule has 3 heteroatoms. The molecule has 1 aromatic carbocycles. The van der Waals surface area contributed by atoms with Crippen molar-refractivity contribution in [1.82, 2.24) is 0 Å². The van der Waals surface area contributed by atoms with Gasteiger partial charge in [-0.15, -0.1) is 0 Å². The molecule has 0 amide bonds. The van der Waals surface area contributed by atoms with Crippen molar-refractivity contribution in [1.29, 1.82) is 0 Å². The molecule has 2 unspecified atom stereocenters. The van der Waals surface area contributed by atoms with Crippen molar-refractivity contribution in [2.45, 2.75) is 72.9 Å². The summed E-state index contributed by atoms with van der Waals surface area (Å²) in [5, 5.41) is 7.32. The largest absolute Gasteiger partial charge is 0.492 e. The summed E-state index contributed by atoms with van der Waals surface area (Å²) < 4.78 is 5.96. The third-order valence-corrected chi connectivity index (χ3v) is 5.33. The van der Waals surface area contributed by atoms with Crippen LogP contribution in [0.25, 0.3) is 5.57 Å². The third-order valence-electron chi connectivity index (χ3n) is 5.33. The molecule has 23 heavy (non-hydrogen) atoms. The van der Waals surface area contributed by atoms with Crippen LogP contribution in [0.1, 0.15) is 66.9 Å². The van der Waals surface area contributed by atoms with Crippen molar-refractivity contribution in [3.05, 3.63) is 23.3 Å². The van der Waals surface area contributed by atoms with Crippen molar-refractivity contribution < 1.29 is 4.74 Å². The molecule has 0 aliphatic carbocycles. The van der Waals surface area contributed by atoms with Gasteiger partial charge < -0.3 is 15.4 Å². The van der Waals surface area contributed by atoms with Gasteiger partial charge in [0.1, 0.15) is 5.75 Å². The Bertz CT molecular complexity index is 606. The number of nitrogens with one attached hydrogen (secondary N) is 2. The Morgan fingerprint density at radius 1 is 1.22 bits per heavy atom. The average molecular weight is 316 g/mol. The van der Waals surface area contributed by atoms with E-state index in [0.29, 0.717) is 12.6 Å². The SMILES string of the molecule is CCOc1cc(NC(C)CC)cc2c1NC(C)(CC)C(C)=C2C. The first-order valence-electron chi connectivity index (χ1n) is 8.90. The van der Waals surface area contributed by atoms with Crippen LogP contribution in [0.2, 0.25) is 0 Å². The number of hydrogen-bond acceptors (Lipinski definition) is 3. The number of allylic oxidation sites excluding steroid dienone is 1. The fraction of sp³-hybridized carbons (Fsp3) is 0.600. The van der Waals surface area contributed by atoms with Gasteiger partial charge in [0.2, 0.25) is 0 Å². The Morgan fingerprint density at radius 3 is 2.48 bits per heavy atom. The van der Waals surface area contributed by atoms with Crippen LogP contribution in [0, 0.1) is 0 Å². The molecular weight excluding hydrogens is 284 g/mol. The van der Waals surface area contributed by atoms with Crippen LogP contribution in [0.4, 0.5) is 11.4 Å². The lowest BCUT2D eigenvalue weighted by Gasteiger charge is -2.39. The van der Waals surface area contributed by atoms with E-state index in [4.69, 9.17) is 4.74 Å². The first-order valence-corrected chi connectivity index (χ1v) is 8.90. The minimum absolute atomic E-state index is 0.00537. The van der Waals surface area contributed by atoms with Crippen LogP contribution in [-0.4, -0.2) is 18.2 Å². The molecule has 0 fully saturated rings. The highest BCUT2D eigenvalue weighted by Gasteiger charge is 2.33. The number of ether oxygens (including phenoxy) is 1. The smallest absolute Gasteiger partial charge is 0.145 e. The molecule has 2 atom stereocenters. The van der Waals surface area contributed by atoms with Crippen LogP contribution in [0.3, 0.4) is 0 Å². The van der Waals surface area contributed by atoms with E-state index in [-0.39, 0.29) is 5.54 Å². The van der Waals surface area contributed by atoms with E-state index in [1.165, 1.54) is 16.7 Å². The van der Waals surface area contributed by atoms with Crippen molar-refractivity contribution >= 4 is 16.9 Å². The molecule has 0 spiro atoms. The van der Waals surface area contributed by atoms with Crippen molar-refractivity contribution in [2.75, 3.05) is 17.2 Å². The normalized spacial score (nSPS) is 21.5. The van der Waals surface area contributed by atoms with Crippen LogP contribution in [0.5, 0.6) is 5.75 Å². The molecule has 1 aliphatic heterocycles. The quantitative estimate of drug-likeness (QED) is 0.708. The maximum absolute atomic E-state index is 5.96. The Balaban J connectivity index is 2.56. The monoisotopic (exact) mass is 316 g/mol. The summed E-state index contributed by atoms with van der Waals surface area (Å²) in [6, 6.07) is 4.83. The van der Waals surface area contributed by atoms with Crippen LogP contribution >= 0.6 is 0 Å². The lowest BCUT2D eigenvalue weighted by atomic mass is 9.80. The lowest BCUT2D eigenvalue weighted by Crippen LogP contribution is -2.38. The molecule has 1 heterocycles. The maximum atomic E-state index is 5.96. The highest BCUT2D eigenvalue weighted by atomic mass is 16.5. The zero-order valence-corrected chi connectivity index (χ0v) is 15.8. The van der Waals surface area contributed by atoms with Crippen molar-refractivity contribution in [3.8, 4) is 5.75 Å². The zero-order chi connectivity index (χ0) is 17.2. The first-order chi connectivity index (χ1) is 10.9. The molecule has 1 aromatic rings. The second-order valence-electron chi connectivity index (χ2n) is 6.84. The molecule has 1 aliphatic rings. The summed E-state index contributed by atoms with van der Waals surface area (Å²) in [6.07, 6.45) is 2.15. The molecule has 0 saturated carbocycles. The Morgan fingerprint density at radius 2 is 1.91 bits per heavy atom. The van der Waals surface area contributed by atoms with Gasteiger partial charge in [0.25, 0.3) is 0 Å². The summed E-state index contributed by atoms with van der Waals surface area (Å²) in [6.45, 7) is 16.1. The second kappa shape index (κ2) is 6.86. The molecule has 2 rings (SSSR count). The minimum atomic E-state index is -0.00537. The number of hydrogen-bond donors (Lipinski definition) is 2. The molecule has 0 saturated heterocycles. The van der Waals surface area contributed by atoms with E-state index in [1.54, 1.807) is 0 Å². The number of rotatable bonds is 6. The van der Waals surface area contributed by atoms with E-state index in [0.717, 1.165) is 30.0 Å². The van der Waals surface area contributed by atoms with Gasteiger partial charge in [-0.25, -0.2) is 0 Å². The second-order valence-corrected chi connectivity index (χ2v) is 6.84. The average Bonchev–Trinajstić information content (AvgIpc) is 2.54. The lowest BCUT2D eigenvalue weighted by molar-refractivity contribution is 0.340. The molecule has 128 valence electrons. The van der Waals surface area contributed by atoms with Gasteiger partial charge >= 0.3 is 0 Å². The van der Waals surface area contributed by atoms with E-state index in [2.05, 4.69) is 64.3 Å². The standard InChI is InChI=1S/C20H32N2O/c1-8-13(4)21-16-11-17-14(5)15(6)20(7,9-2)22-19(17)18(12-16)23-10-3/h11-13,21-22H,8-10H2,1-7H3. The van der Waals surface area contributed by atoms with E-state index < -0.39 is 0 Å². The maximum Gasteiger partial charge on any atom is 0.145 e. The van der Waals surface area contributed by atoms with Gasteiger partial charge in [-0.2, -0.15) is 0 Å². The molecule has 0 bridgehead atoms. The molecule has 0 aromatic heterocycles. The Labute approximate surface area is 141 Å². The fourth-order valence-corrected chi connectivity index (χ4v) is 3.12. The van der Waals surface area contributed by atoms with Gasteiger partial charge in [0.05, 0.1) is 17.8 Å². The van der Waals surface area contributed by atoms with Crippen molar-refractivity contribution in [2.24, 2.45) is 0 Å². The van der Waals surface area contributed by atoms with Crippen LogP contribution < -0.4 is 15.4 Å². The summed E-state index contributed by atoms with van der Waals surface area (Å²) in [7, 11) is 0. The third kappa shape index (κ3) is 3.34. The van der Waals surface area contributed by atoms with Crippen LogP contribution in [0.15, 0.2) is 17.7 Å². The topological polar surface area (TPSA) is 33.3 Å². The number of fused-ring (bicyclic) bond motifs is 1. The van der Waals surface area contributed by atoms with Gasteiger partial charge in [-0.05, 0) is 64.7 Å².